The van der Waals surface area contributed by atoms with E-state index in [9.17, 15) is 4.79 Å². The second-order valence-corrected chi connectivity index (χ2v) is 6.36. The summed E-state index contributed by atoms with van der Waals surface area (Å²) in [5.74, 6) is -0.136. The van der Waals surface area contributed by atoms with E-state index in [1.165, 1.54) is 5.69 Å². The van der Waals surface area contributed by atoms with E-state index >= 15 is 0 Å². The summed E-state index contributed by atoms with van der Waals surface area (Å²) in [6.45, 7) is 4.73. The molecule has 1 aliphatic heterocycles. The van der Waals surface area contributed by atoms with Crippen LogP contribution in [0.4, 0.5) is 11.4 Å². The molecule has 0 aliphatic carbocycles. The topological polar surface area (TPSA) is 44.8 Å². The first kappa shape index (κ1) is 17.5. The summed E-state index contributed by atoms with van der Waals surface area (Å²) in [6, 6.07) is 17.9. The third-order valence-electron chi connectivity index (χ3n) is 4.36. The maximum atomic E-state index is 12.0. The number of likely N-dealkylation sites (N-methyl/N-ethyl adjacent to an activating group) is 1. The van der Waals surface area contributed by atoms with Crippen molar-refractivity contribution in [2.24, 2.45) is 0 Å². The molecule has 2 aromatic carbocycles. The standard InChI is InChI=1S/C20H25N3O2/c1-22-11-13-23(14-12-22)19-9-7-18(8-10-19)21-20(24)16-25-15-17-5-3-2-4-6-17/h2-10H,11-16H2,1H3,(H,21,24). The molecular formula is C20H25N3O2. The minimum Gasteiger partial charge on any atom is -0.369 e. The summed E-state index contributed by atoms with van der Waals surface area (Å²) in [7, 11) is 2.15. The summed E-state index contributed by atoms with van der Waals surface area (Å²) < 4.78 is 5.46. The monoisotopic (exact) mass is 339 g/mol. The Bertz CT molecular complexity index is 665. The van der Waals surface area contributed by atoms with Gasteiger partial charge in [0, 0.05) is 37.6 Å². The highest BCUT2D eigenvalue weighted by Gasteiger charge is 2.14. The predicted molar refractivity (Wildman–Crippen MR) is 101 cm³/mol. The van der Waals surface area contributed by atoms with Crippen molar-refractivity contribution < 1.29 is 9.53 Å². The fraction of sp³-hybridized carbons (Fsp3) is 0.350. The van der Waals surface area contributed by atoms with E-state index in [0.29, 0.717) is 6.61 Å². The molecule has 1 saturated heterocycles. The lowest BCUT2D eigenvalue weighted by molar-refractivity contribution is -0.121. The molecule has 1 aliphatic rings. The molecular weight excluding hydrogens is 314 g/mol. The van der Waals surface area contributed by atoms with Crippen LogP contribution in [0.2, 0.25) is 0 Å². The van der Waals surface area contributed by atoms with Crippen LogP contribution in [-0.2, 0) is 16.1 Å². The highest BCUT2D eigenvalue weighted by atomic mass is 16.5. The zero-order chi connectivity index (χ0) is 17.5. The summed E-state index contributed by atoms with van der Waals surface area (Å²) >= 11 is 0. The van der Waals surface area contributed by atoms with E-state index in [-0.39, 0.29) is 12.5 Å². The smallest absolute Gasteiger partial charge is 0.250 e. The molecule has 5 heteroatoms. The zero-order valence-electron chi connectivity index (χ0n) is 14.6. The Morgan fingerprint density at radius 3 is 2.36 bits per heavy atom. The second-order valence-electron chi connectivity index (χ2n) is 6.36. The number of rotatable bonds is 6. The van der Waals surface area contributed by atoms with Crippen LogP contribution >= 0.6 is 0 Å². The van der Waals surface area contributed by atoms with Crippen LogP contribution in [-0.4, -0.2) is 50.6 Å². The van der Waals surface area contributed by atoms with Crippen molar-refractivity contribution in [3.05, 3.63) is 60.2 Å². The van der Waals surface area contributed by atoms with E-state index in [2.05, 4.69) is 34.3 Å². The van der Waals surface area contributed by atoms with Gasteiger partial charge in [-0.3, -0.25) is 4.79 Å². The van der Waals surface area contributed by atoms with E-state index in [1.54, 1.807) is 0 Å². The molecule has 25 heavy (non-hydrogen) atoms. The SMILES string of the molecule is CN1CCN(c2ccc(NC(=O)COCc3ccccc3)cc2)CC1. The number of hydrogen-bond donors (Lipinski definition) is 1. The van der Waals surface area contributed by atoms with Crippen LogP contribution in [0.5, 0.6) is 0 Å². The lowest BCUT2D eigenvalue weighted by Crippen LogP contribution is -2.44. The van der Waals surface area contributed by atoms with E-state index < -0.39 is 0 Å². The van der Waals surface area contributed by atoms with Crippen LogP contribution in [0.25, 0.3) is 0 Å². The highest BCUT2D eigenvalue weighted by molar-refractivity contribution is 5.91. The Hall–Kier alpha value is -2.37. The van der Waals surface area contributed by atoms with Crippen molar-refractivity contribution in [3.8, 4) is 0 Å². The number of carbonyl (C=O) groups is 1. The molecule has 0 unspecified atom stereocenters. The Labute approximate surface area is 149 Å². The number of hydrogen-bond acceptors (Lipinski definition) is 4. The van der Waals surface area contributed by atoms with Gasteiger partial charge in [0.1, 0.15) is 6.61 Å². The van der Waals surface area contributed by atoms with Crippen LogP contribution in [0.3, 0.4) is 0 Å². The largest absolute Gasteiger partial charge is 0.369 e. The molecule has 0 atom stereocenters. The molecule has 0 aromatic heterocycles. The molecule has 0 saturated carbocycles. The molecule has 0 radical (unpaired) electrons. The average Bonchev–Trinajstić information content (AvgIpc) is 2.64. The Morgan fingerprint density at radius 1 is 1.00 bits per heavy atom. The quantitative estimate of drug-likeness (QED) is 0.879. The average molecular weight is 339 g/mol. The molecule has 0 spiro atoms. The number of amides is 1. The van der Waals surface area contributed by atoms with Gasteiger partial charge in [-0.25, -0.2) is 0 Å². The first-order valence-corrected chi connectivity index (χ1v) is 8.66. The Morgan fingerprint density at radius 2 is 1.68 bits per heavy atom. The summed E-state index contributed by atoms with van der Waals surface area (Å²) in [4.78, 5) is 16.7. The Kier molecular flexibility index (Phi) is 6.04. The van der Waals surface area contributed by atoms with Crippen molar-refractivity contribution in [2.45, 2.75) is 6.61 Å². The van der Waals surface area contributed by atoms with Gasteiger partial charge in [0.25, 0.3) is 0 Å². The van der Waals surface area contributed by atoms with Crippen LogP contribution < -0.4 is 10.2 Å². The number of ether oxygens (including phenoxy) is 1. The predicted octanol–water partition coefficient (Wildman–Crippen LogP) is 2.59. The van der Waals surface area contributed by atoms with Gasteiger partial charge in [0.15, 0.2) is 0 Å². The van der Waals surface area contributed by atoms with E-state index in [4.69, 9.17) is 4.74 Å². The lowest BCUT2D eigenvalue weighted by Gasteiger charge is -2.34. The summed E-state index contributed by atoms with van der Waals surface area (Å²) in [5, 5.41) is 2.87. The van der Waals surface area contributed by atoms with Crippen molar-refractivity contribution in [2.75, 3.05) is 50.1 Å². The molecule has 1 amide bonds. The van der Waals surface area contributed by atoms with E-state index in [0.717, 1.165) is 37.4 Å². The number of nitrogens with zero attached hydrogens (tertiary/aromatic N) is 2. The van der Waals surface area contributed by atoms with Gasteiger partial charge < -0.3 is 19.9 Å². The van der Waals surface area contributed by atoms with Crippen LogP contribution in [0.1, 0.15) is 5.56 Å². The van der Waals surface area contributed by atoms with Crippen molar-refractivity contribution in [3.63, 3.8) is 0 Å². The third kappa shape index (κ3) is 5.31. The molecule has 3 rings (SSSR count). The number of benzene rings is 2. The van der Waals surface area contributed by atoms with Gasteiger partial charge in [0.2, 0.25) is 5.91 Å². The van der Waals surface area contributed by atoms with E-state index in [1.807, 2.05) is 42.5 Å². The van der Waals surface area contributed by atoms with Crippen molar-refractivity contribution in [1.82, 2.24) is 4.90 Å². The summed E-state index contributed by atoms with van der Waals surface area (Å²) in [6.07, 6.45) is 0. The van der Waals surface area contributed by atoms with Crippen molar-refractivity contribution in [1.29, 1.82) is 0 Å². The minimum absolute atomic E-state index is 0.0507. The maximum Gasteiger partial charge on any atom is 0.250 e. The van der Waals surface area contributed by atoms with Gasteiger partial charge >= 0.3 is 0 Å². The summed E-state index contributed by atoms with van der Waals surface area (Å²) in [5.41, 5.74) is 3.06. The van der Waals surface area contributed by atoms with Gasteiger partial charge in [0.05, 0.1) is 6.61 Å². The fourth-order valence-corrected chi connectivity index (χ4v) is 2.85. The molecule has 2 aromatic rings. The van der Waals surface area contributed by atoms with Gasteiger partial charge in [-0.15, -0.1) is 0 Å². The Balaban J connectivity index is 1.44. The highest BCUT2D eigenvalue weighted by Crippen LogP contribution is 2.19. The number of piperazine rings is 1. The second kappa shape index (κ2) is 8.65. The molecule has 1 N–H and O–H groups in total. The fourth-order valence-electron chi connectivity index (χ4n) is 2.85. The molecule has 1 fully saturated rings. The first-order chi connectivity index (χ1) is 12.2. The van der Waals surface area contributed by atoms with Crippen LogP contribution in [0, 0.1) is 0 Å². The number of nitrogens with one attached hydrogen (secondary N) is 1. The third-order valence-corrected chi connectivity index (χ3v) is 4.36. The lowest BCUT2D eigenvalue weighted by atomic mass is 10.2. The van der Waals surface area contributed by atoms with Gasteiger partial charge in [-0.1, -0.05) is 30.3 Å². The number of carbonyl (C=O) groups excluding carboxylic acids is 1. The minimum atomic E-state index is -0.136. The molecule has 5 nitrogen and oxygen atoms in total. The normalized spacial score (nSPS) is 15.2. The molecule has 0 bridgehead atoms. The van der Waals surface area contributed by atoms with Crippen molar-refractivity contribution >= 4 is 17.3 Å². The van der Waals surface area contributed by atoms with Gasteiger partial charge in [-0.2, -0.15) is 0 Å². The molecule has 1 heterocycles. The van der Waals surface area contributed by atoms with Crippen LogP contribution in [0.15, 0.2) is 54.6 Å². The number of anilines is 2. The maximum absolute atomic E-state index is 12.0. The molecule has 132 valence electrons. The zero-order valence-corrected chi connectivity index (χ0v) is 14.6. The van der Waals surface area contributed by atoms with Gasteiger partial charge in [-0.05, 0) is 36.9 Å². The first-order valence-electron chi connectivity index (χ1n) is 8.66.